The van der Waals surface area contributed by atoms with Crippen molar-refractivity contribution >= 4 is 46.2 Å². The van der Waals surface area contributed by atoms with E-state index in [9.17, 15) is 23.2 Å². The van der Waals surface area contributed by atoms with Gasteiger partial charge < -0.3 is 14.5 Å². The fourth-order valence-corrected chi connectivity index (χ4v) is 6.37. The van der Waals surface area contributed by atoms with Crippen LogP contribution in [0, 0.1) is 11.6 Å². The number of amidine groups is 1. The van der Waals surface area contributed by atoms with Crippen LogP contribution in [0.25, 0.3) is 0 Å². The van der Waals surface area contributed by atoms with Crippen LogP contribution in [0.3, 0.4) is 0 Å². The molecule has 6 rings (SSSR count). The molecule has 45 heavy (non-hydrogen) atoms. The molecule has 0 saturated carbocycles. The third-order valence-electron chi connectivity index (χ3n) is 7.39. The van der Waals surface area contributed by atoms with Crippen molar-refractivity contribution in [2.75, 3.05) is 11.9 Å². The highest BCUT2D eigenvalue weighted by atomic mass is 32.2. The van der Waals surface area contributed by atoms with Gasteiger partial charge in [0.25, 0.3) is 0 Å². The van der Waals surface area contributed by atoms with E-state index in [0.717, 1.165) is 35.5 Å². The van der Waals surface area contributed by atoms with Crippen molar-refractivity contribution in [3.63, 3.8) is 0 Å². The Morgan fingerprint density at radius 2 is 1.76 bits per heavy atom. The average Bonchev–Trinajstić information content (AvgIpc) is 3.79. The molecule has 2 saturated heterocycles. The average molecular weight is 631 g/mol. The van der Waals surface area contributed by atoms with Gasteiger partial charge in [0.05, 0.1) is 18.5 Å². The highest BCUT2D eigenvalue weighted by molar-refractivity contribution is 8.15. The number of carbonyl (C=O) groups is 3. The second-order valence-corrected chi connectivity index (χ2v) is 11.6. The van der Waals surface area contributed by atoms with Crippen molar-refractivity contribution in [1.82, 2.24) is 9.80 Å². The highest BCUT2D eigenvalue weighted by Gasteiger charge is 2.40. The van der Waals surface area contributed by atoms with Crippen LogP contribution in [-0.4, -0.2) is 45.5 Å². The van der Waals surface area contributed by atoms with Crippen LogP contribution in [0.4, 0.5) is 25.0 Å². The summed E-state index contributed by atoms with van der Waals surface area (Å²) >= 11 is 1.15. The Labute approximate surface area is 261 Å². The third kappa shape index (κ3) is 7.07. The Kier molecular flexibility index (Phi) is 8.92. The number of furan rings is 1. The molecule has 230 valence electrons. The number of carbonyl (C=O) groups excluding carboxylic acids is 3. The molecule has 0 spiro atoms. The summed E-state index contributed by atoms with van der Waals surface area (Å²) in [5.74, 6) is -1.64. The summed E-state index contributed by atoms with van der Waals surface area (Å²) in [4.78, 5) is 46.7. The Balaban J connectivity index is 1.13. The van der Waals surface area contributed by atoms with E-state index in [-0.39, 0.29) is 35.8 Å². The maximum atomic E-state index is 13.8. The van der Waals surface area contributed by atoms with Gasteiger partial charge in [-0.25, -0.2) is 18.6 Å². The van der Waals surface area contributed by atoms with Gasteiger partial charge in [-0.3, -0.25) is 19.4 Å². The Hall–Kier alpha value is -4.97. The highest BCUT2D eigenvalue weighted by Crippen LogP contribution is 2.41. The molecule has 9 nitrogen and oxygen atoms in total. The Morgan fingerprint density at radius 3 is 2.47 bits per heavy atom. The van der Waals surface area contributed by atoms with E-state index in [1.54, 1.807) is 36.4 Å². The SMILES string of the molecule is O=C(Nc1ccc(C2SC(=Nc3cc(F)cc(F)c3)N(Cc3ccco3)C2=O)cc1)[C@@H]1CCCN1C(=O)OCc1ccccc1. The fourth-order valence-electron chi connectivity index (χ4n) is 5.20. The van der Waals surface area contributed by atoms with Gasteiger partial charge in [-0.1, -0.05) is 54.2 Å². The smallest absolute Gasteiger partial charge is 0.410 e. The monoisotopic (exact) mass is 630 g/mol. The first-order valence-corrected chi connectivity index (χ1v) is 15.2. The van der Waals surface area contributed by atoms with Crippen LogP contribution >= 0.6 is 11.8 Å². The number of thioether (sulfide) groups is 1. The molecule has 2 aliphatic rings. The lowest BCUT2D eigenvalue weighted by Crippen LogP contribution is -2.43. The molecule has 0 aliphatic carbocycles. The van der Waals surface area contributed by atoms with E-state index in [1.807, 2.05) is 30.3 Å². The number of rotatable bonds is 8. The number of nitrogens with zero attached hydrogens (tertiary/aromatic N) is 3. The maximum absolute atomic E-state index is 13.8. The number of anilines is 1. The molecule has 12 heteroatoms. The van der Waals surface area contributed by atoms with Crippen molar-refractivity contribution in [3.05, 3.63) is 120 Å². The standard InChI is InChI=1S/C33H28F2N4O5S/c34-23-16-24(35)18-26(17-23)37-32-39(19-27-8-5-15-43-27)31(41)29(45-32)22-10-12-25(13-11-22)36-30(40)28-9-4-14-38(28)33(42)44-20-21-6-2-1-3-7-21/h1-3,5-8,10-13,15-18,28-29H,4,9,14,19-20H2,(H,36,40)/t28-,29?/m0/s1. The molecular formula is C33H28F2N4O5S. The number of benzene rings is 3. The third-order valence-corrected chi connectivity index (χ3v) is 8.62. The number of nitrogens with one attached hydrogen (secondary N) is 1. The first-order chi connectivity index (χ1) is 21.8. The van der Waals surface area contributed by atoms with Crippen LogP contribution in [-0.2, 0) is 27.5 Å². The zero-order chi connectivity index (χ0) is 31.3. The lowest BCUT2D eigenvalue weighted by atomic mass is 10.1. The van der Waals surface area contributed by atoms with Crippen LogP contribution in [0.1, 0.15) is 35.0 Å². The molecule has 1 aromatic heterocycles. The number of likely N-dealkylation sites (tertiary alicyclic amines) is 1. The molecule has 0 radical (unpaired) electrons. The molecule has 2 fully saturated rings. The Morgan fingerprint density at radius 1 is 1.00 bits per heavy atom. The quantitative estimate of drug-likeness (QED) is 0.230. The summed E-state index contributed by atoms with van der Waals surface area (Å²) in [7, 11) is 0. The number of halogens is 2. The van der Waals surface area contributed by atoms with Crippen LogP contribution < -0.4 is 5.32 Å². The fraction of sp³-hybridized carbons (Fsp3) is 0.212. The zero-order valence-electron chi connectivity index (χ0n) is 23.9. The van der Waals surface area contributed by atoms with Crippen molar-refractivity contribution < 1.29 is 32.3 Å². The van der Waals surface area contributed by atoms with Crippen LogP contribution in [0.2, 0.25) is 0 Å². The summed E-state index contributed by atoms with van der Waals surface area (Å²) in [5, 5.41) is 2.44. The van der Waals surface area contributed by atoms with Gasteiger partial charge in [-0.15, -0.1) is 0 Å². The van der Waals surface area contributed by atoms with Crippen LogP contribution in [0.5, 0.6) is 0 Å². The Bertz CT molecular complexity index is 1700. The van der Waals surface area contributed by atoms with Crippen molar-refractivity contribution in [3.8, 4) is 0 Å². The summed E-state index contributed by atoms with van der Waals surface area (Å²) in [6, 6.07) is 21.8. The van der Waals surface area contributed by atoms with E-state index in [0.29, 0.717) is 36.4 Å². The number of hydrogen-bond acceptors (Lipinski definition) is 7. The van der Waals surface area contributed by atoms with E-state index in [1.165, 1.54) is 16.1 Å². The lowest BCUT2D eigenvalue weighted by Gasteiger charge is -2.23. The topological polar surface area (TPSA) is 104 Å². The summed E-state index contributed by atoms with van der Waals surface area (Å²) in [6.07, 6.45) is 2.14. The minimum absolute atomic E-state index is 0.0378. The summed E-state index contributed by atoms with van der Waals surface area (Å²) < 4.78 is 38.5. The predicted octanol–water partition coefficient (Wildman–Crippen LogP) is 6.80. The molecule has 2 atom stereocenters. The van der Waals surface area contributed by atoms with E-state index >= 15 is 0 Å². The lowest BCUT2D eigenvalue weighted by molar-refractivity contribution is -0.126. The van der Waals surface area contributed by atoms with Gasteiger partial charge in [0.2, 0.25) is 11.8 Å². The molecule has 3 heterocycles. The van der Waals surface area contributed by atoms with Gasteiger partial charge in [-0.05, 0) is 60.4 Å². The first-order valence-electron chi connectivity index (χ1n) is 14.3. The minimum atomic E-state index is -0.778. The van der Waals surface area contributed by atoms with E-state index in [4.69, 9.17) is 9.15 Å². The van der Waals surface area contributed by atoms with Gasteiger partial charge in [-0.2, -0.15) is 0 Å². The van der Waals surface area contributed by atoms with E-state index in [2.05, 4.69) is 10.3 Å². The van der Waals surface area contributed by atoms with Crippen LogP contribution in [0.15, 0.2) is 101 Å². The van der Waals surface area contributed by atoms with Gasteiger partial charge in [0, 0.05) is 18.3 Å². The number of aliphatic imine (C=N–C) groups is 1. The second kappa shape index (κ2) is 13.3. The van der Waals surface area contributed by atoms with Gasteiger partial charge >= 0.3 is 6.09 Å². The number of ether oxygens (including phenoxy) is 1. The predicted molar refractivity (Wildman–Crippen MR) is 164 cm³/mol. The van der Waals surface area contributed by atoms with Gasteiger partial charge in [0.15, 0.2) is 5.17 Å². The van der Waals surface area contributed by atoms with Crippen molar-refractivity contribution in [2.45, 2.75) is 37.3 Å². The molecular weight excluding hydrogens is 602 g/mol. The number of hydrogen-bond donors (Lipinski definition) is 1. The largest absolute Gasteiger partial charge is 0.467 e. The number of amides is 3. The molecule has 4 aromatic rings. The van der Waals surface area contributed by atoms with Crippen molar-refractivity contribution in [1.29, 1.82) is 0 Å². The molecule has 3 amide bonds. The summed E-state index contributed by atoms with van der Waals surface area (Å²) in [6.45, 7) is 0.631. The maximum Gasteiger partial charge on any atom is 0.410 e. The normalized spacial score (nSPS) is 18.9. The molecule has 1 N–H and O–H groups in total. The first kappa shape index (κ1) is 30.1. The molecule has 3 aromatic carbocycles. The summed E-state index contributed by atoms with van der Waals surface area (Å²) in [5.41, 5.74) is 2.04. The second-order valence-electron chi connectivity index (χ2n) is 10.5. The molecule has 2 aliphatic heterocycles. The minimum Gasteiger partial charge on any atom is -0.467 e. The van der Waals surface area contributed by atoms with Crippen molar-refractivity contribution in [2.24, 2.45) is 4.99 Å². The van der Waals surface area contributed by atoms with E-state index < -0.39 is 29.0 Å². The van der Waals surface area contributed by atoms with Gasteiger partial charge in [0.1, 0.15) is 35.3 Å². The molecule has 0 bridgehead atoms. The molecule has 1 unspecified atom stereocenters. The zero-order valence-corrected chi connectivity index (χ0v) is 24.7.